The van der Waals surface area contributed by atoms with Crippen LogP contribution in [0.5, 0.6) is 0 Å². The van der Waals surface area contributed by atoms with Crippen LogP contribution in [0.15, 0.2) is 0 Å². The van der Waals surface area contributed by atoms with E-state index in [0.29, 0.717) is 64.9 Å². The zero-order valence-electron chi connectivity index (χ0n) is 53.7. The molecule has 0 saturated heterocycles. The highest BCUT2D eigenvalue weighted by molar-refractivity contribution is 8.77. The molecule has 0 aromatic heterocycles. The zero-order valence-corrected chi connectivity index (χ0v) is 56.9. The molecule has 1 aliphatic carbocycles. The molecule has 13 heteroatoms. The highest BCUT2D eigenvalue weighted by atomic mass is 33.1. The normalized spacial score (nSPS) is 15.2. The predicted molar refractivity (Wildman–Crippen MR) is 349 cm³/mol. The van der Waals surface area contributed by atoms with E-state index < -0.39 is 17.9 Å². The van der Waals surface area contributed by atoms with Crippen molar-refractivity contribution in [3.63, 3.8) is 0 Å². The molecule has 0 aromatic carbocycles. The molecule has 1 rings (SSSR count). The van der Waals surface area contributed by atoms with Crippen molar-refractivity contribution >= 4 is 43.2 Å². The summed E-state index contributed by atoms with van der Waals surface area (Å²) >= 11 is 0. The maximum absolute atomic E-state index is 5.94. The first-order chi connectivity index (χ1) is 38.8. The van der Waals surface area contributed by atoms with Crippen LogP contribution in [0.4, 0.5) is 0 Å². The fourth-order valence-corrected chi connectivity index (χ4v) is 16.9. The quantitative estimate of drug-likeness (QED) is 0.0330. The lowest BCUT2D eigenvalue weighted by atomic mass is 9.62. The summed E-state index contributed by atoms with van der Waals surface area (Å²) in [5, 5.41) is 0. The Bertz CT molecular complexity index is 1150. The molecular weight excluding hydrogens is 1060 g/mol. The number of ether oxygens (including phenoxy) is 9. The fourth-order valence-electron chi connectivity index (χ4n) is 12.1. The molecule has 0 aromatic rings. The average Bonchev–Trinajstić information content (AvgIpc) is 3.43. The van der Waals surface area contributed by atoms with Crippen LogP contribution in [0.2, 0.25) is 0 Å². The van der Waals surface area contributed by atoms with Gasteiger partial charge >= 0.3 is 0 Å². The van der Waals surface area contributed by atoms with Crippen molar-refractivity contribution in [2.24, 2.45) is 11.3 Å². The van der Waals surface area contributed by atoms with Crippen molar-refractivity contribution < 1.29 is 42.6 Å². The van der Waals surface area contributed by atoms with Crippen LogP contribution in [-0.4, -0.2) is 100 Å². The van der Waals surface area contributed by atoms with Gasteiger partial charge in [-0.05, 0) is 138 Å². The van der Waals surface area contributed by atoms with Crippen molar-refractivity contribution in [3.8, 4) is 0 Å². The first kappa shape index (κ1) is 78.1. The molecule has 0 radical (unpaired) electrons. The highest BCUT2D eigenvalue weighted by Gasteiger charge is 2.40. The van der Waals surface area contributed by atoms with E-state index in [1.165, 1.54) is 235 Å². The summed E-state index contributed by atoms with van der Waals surface area (Å²) in [5.74, 6) is 3.70. The molecule has 1 unspecified atom stereocenters. The third-order valence-corrected chi connectivity index (χ3v) is 21.1. The molecule has 79 heavy (non-hydrogen) atoms. The molecule has 1 aliphatic rings. The minimum atomic E-state index is -0.849. The standard InChI is InChI=1S/C66H132O9S4/c1-10-67-64(68-11-2,69-12-3)53-44-37-31-25-19-21-28-34-40-48-58-76-78-60-56-63(57-61-79-77-59-49-41-35-29-22-20-26-32-38-45-54-65(70-13-4,71-14-5)72-15-6)52-47-43-51-62(63)50-42-36-30-24-23-27-33-39-46-55-66(73-16-7,74-17-8)75-18-9/h62H,10-61H2,1-9H3. The maximum atomic E-state index is 5.94. The number of rotatable bonds is 64. The average molecular weight is 1200 g/mol. The SMILES string of the molecule is CCOC(CCCCCCCCCCCCSSCCC1(CCSSCCCCCCCCCCCCC(OCC)(OCC)OCC)CCCCC1CCCCCCCCCCCC(OCC)(OCC)OCC)(OCC)OCC. The first-order valence-corrected chi connectivity index (χ1v) is 39.0. The Morgan fingerprint density at radius 3 is 0.810 bits per heavy atom. The van der Waals surface area contributed by atoms with E-state index in [4.69, 9.17) is 42.6 Å². The van der Waals surface area contributed by atoms with Crippen LogP contribution >= 0.6 is 43.2 Å². The van der Waals surface area contributed by atoms with E-state index in [1.54, 1.807) is 0 Å². The minimum absolute atomic E-state index is 0.561. The lowest BCUT2D eigenvalue weighted by Gasteiger charge is -2.45. The second-order valence-electron chi connectivity index (χ2n) is 22.3. The Kier molecular flexibility index (Phi) is 54.9. The summed E-state index contributed by atoms with van der Waals surface area (Å²) in [6.07, 6.45) is 51.2. The summed E-state index contributed by atoms with van der Waals surface area (Å²) in [6.45, 7) is 23.7. The second kappa shape index (κ2) is 55.6. The molecule has 0 bridgehead atoms. The molecule has 1 atom stereocenters. The van der Waals surface area contributed by atoms with Crippen molar-refractivity contribution in [1.82, 2.24) is 0 Å². The van der Waals surface area contributed by atoms with Crippen LogP contribution in [-0.2, 0) is 42.6 Å². The lowest BCUT2D eigenvalue weighted by molar-refractivity contribution is -0.380. The van der Waals surface area contributed by atoms with Gasteiger partial charge in [-0.15, -0.1) is 0 Å². The van der Waals surface area contributed by atoms with E-state index in [2.05, 4.69) is 43.2 Å². The Hall–Kier alpha value is 1.04. The Morgan fingerprint density at radius 2 is 0.532 bits per heavy atom. The summed E-state index contributed by atoms with van der Waals surface area (Å²) in [5.41, 5.74) is 0.561. The zero-order chi connectivity index (χ0) is 57.5. The van der Waals surface area contributed by atoms with Gasteiger partial charge in [0.2, 0.25) is 0 Å². The van der Waals surface area contributed by atoms with Gasteiger partial charge in [0, 0.05) is 102 Å². The van der Waals surface area contributed by atoms with E-state index in [-0.39, 0.29) is 0 Å². The van der Waals surface area contributed by atoms with E-state index in [0.717, 1.165) is 44.4 Å². The van der Waals surface area contributed by atoms with Gasteiger partial charge in [0.05, 0.1) is 0 Å². The topological polar surface area (TPSA) is 83.1 Å². The summed E-state index contributed by atoms with van der Waals surface area (Å²) in [6, 6.07) is 0. The molecular formula is C66H132O9S4. The van der Waals surface area contributed by atoms with Crippen molar-refractivity contribution in [2.45, 2.75) is 331 Å². The van der Waals surface area contributed by atoms with Gasteiger partial charge in [0.15, 0.2) is 0 Å². The van der Waals surface area contributed by atoms with Gasteiger partial charge in [-0.2, -0.15) is 0 Å². The van der Waals surface area contributed by atoms with Gasteiger partial charge in [0.1, 0.15) is 0 Å². The second-order valence-corrected chi connectivity index (χ2v) is 27.7. The molecule has 0 aliphatic heterocycles. The van der Waals surface area contributed by atoms with Crippen LogP contribution in [0, 0.1) is 11.3 Å². The molecule has 474 valence electrons. The van der Waals surface area contributed by atoms with Gasteiger partial charge in [-0.25, -0.2) is 0 Å². The molecule has 1 fully saturated rings. The maximum Gasteiger partial charge on any atom is 0.282 e. The van der Waals surface area contributed by atoms with Crippen molar-refractivity contribution in [1.29, 1.82) is 0 Å². The Morgan fingerprint density at radius 1 is 0.291 bits per heavy atom. The lowest BCUT2D eigenvalue weighted by Crippen LogP contribution is -2.39. The largest absolute Gasteiger partial charge is 0.328 e. The number of hydrogen-bond acceptors (Lipinski definition) is 13. The highest BCUT2D eigenvalue weighted by Crippen LogP contribution is 2.51. The third kappa shape index (κ3) is 40.2. The van der Waals surface area contributed by atoms with Crippen LogP contribution < -0.4 is 0 Å². The third-order valence-electron chi connectivity index (χ3n) is 16.1. The first-order valence-electron chi connectivity index (χ1n) is 34.0. The minimum Gasteiger partial charge on any atom is -0.328 e. The Balaban J connectivity index is 2.45. The predicted octanol–water partition coefficient (Wildman–Crippen LogP) is 21.9. The molecule has 0 spiro atoms. The van der Waals surface area contributed by atoms with E-state index in [9.17, 15) is 0 Å². The van der Waals surface area contributed by atoms with Crippen LogP contribution in [0.1, 0.15) is 313 Å². The number of unbranched alkanes of at least 4 members (excludes halogenated alkanes) is 26. The van der Waals surface area contributed by atoms with Gasteiger partial charge in [-0.1, -0.05) is 210 Å². The molecule has 0 heterocycles. The summed E-state index contributed by atoms with van der Waals surface area (Å²) < 4.78 is 53.3. The fraction of sp³-hybridized carbons (Fsp3) is 1.00. The smallest absolute Gasteiger partial charge is 0.282 e. The monoisotopic (exact) mass is 1200 g/mol. The van der Waals surface area contributed by atoms with Gasteiger partial charge < -0.3 is 42.6 Å². The summed E-state index contributed by atoms with van der Waals surface area (Å²) in [4.78, 5) is 0. The molecule has 9 nitrogen and oxygen atoms in total. The van der Waals surface area contributed by atoms with E-state index >= 15 is 0 Å². The molecule has 1 saturated carbocycles. The molecule has 0 amide bonds. The Labute approximate surface area is 507 Å². The molecule has 0 N–H and O–H groups in total. The van der Waals surface area contributed by atoms with Crippen LogP contribution in [0.3, 0.4) is 0 Å². The summed E-state index contributed by atoms with van der Waals surface area (Å²) in [7, 11) is 8.78. The van der Waals surface area contributed by atoms with Crippen LogP contribution in [0.25, 0.3) is 0 Å². The van der Waals surface area contributed by atoms with E-state index in [1.807, 2.05) is 62.3 Å². The number of hydrogen-bond donors (Lipinski definition) is 0. The van der Waals surface area contributed by atoms with Gasteiger partial charge in [-0.3, -0.25) is 0 Å². The van der Waals surface area contributed by atoms with Crippen molar-refractivity contribution in [3.05, 3.63) is 0 Å². The van der Waals surface area contributed by atoms with Crippen molar-refractivity contribution in [2.75, 3.05) is 82.5 Å². The van der Waals surface area contributed by atoms with Gasteiger partial charge in [0.25, 0.3) is 17.9 Å².